The molecule has 0 spiro atoms. The molecule has 0 bridgehead atoms. The van der Waals surface area contributed by atoms with Crippen LogP contribution in [0, 0.1) is 11.3 Å². The van der Waals surface area contributed by atoms with Gasteiger partial charge in [0.05, 0.1) is 6.07 Å². The van der Waals surface area contributed by atoms with Gasteiger partial charge in [0.2, 0.25) is 0 Å². The topological polar surface area (TPSA) is 27.0 Å². The summed E-state index contributed by atoms with van der Waals surface area (Å²) >= 11 is 1.73. The first kappa shape index (κ1) is 11.2. The average molecular weight is 208 g/mol. The maximum Gasteiger partial charge on any atom is 0.0635 e. The molecule has 2 nitrogen and oxygen atoms in total. The summed E-state index contributed by atoms with van der Waals surface area (Å²) in [6.07, 6.45) is 0.613. The van der Waals surface area contributed by atoms with Crippen LogP contribution in [-0.2, 0) is 6.54 Å². The van der Waals surface area contributed by atoms with Gasteiger partial charge in [-0.3, -0.25) is 4.90 Å². The van der Waals surface area contributed by atoms with Crippen LogP contribution in [0.15, 0.2) is 16.8 Å². The number of nitriles is 1. The first-order chi connectivity index (χ1) is 6.74. The van der Waals surface area contributed by atoms with Crippen molar-refractivity contribution >= 4 is 11.3 Å². The third kappa shape index (κ3) is 3.49. The molecule has 0 saturated heterocycles. The summed E-state index contributed by atoms with van der Waals surface area (Å²) in [6.45, 7) is 6.17. The lowest BCUT2D eigenvalue weighted by molar-refractivity contribution is 0.218. The summed E-state index contributed by atoms with van der Waals surface area (Å²) < 4.78 is 0. The minimum Gasteiger partial charge on any atom is -0.296 e. The van der Waals surface area contributed by atoms with Gasteiger partial charge >= 0.3 is 0 Å². The number of thiophene rings is 1. The van der Waals surface area contributed by atoms with Gasteiger partial charge in [0.1, 0.15) is 0 Å². The van der Waals surface area contributed by atoms with Crippen LogP contribution in [0.3, 0.4) is 0 Å². The Morgan fingerprint density at radius 2 is 2.36 bits per heavy atom. The SMILES string of the molecule is CC(C)N(CCC#N)Cc1ccsc1. The van der Waals surface area contributed by atoms with Crippen molar-refractivity contribution in [2.75, 3.05) is 6.54 Å². The summed E-state index contributed by atoms with van der Waals surface area (Å²) in [5.74, 6) is 0. The van der Waals surface area contributed by atoms with E-state index >= 15 is 0 Å². The highest BCUT2D eigenvalue weighted by molar-refractivity contribution is 7.07. The van der Waals surface area contributed by atoms with E-state index in [0.29, 0.717) is 12.5 Å². The van der Waals surface area contributed by atoms with E-state index in [1.54, 1.807) is 11.3 Å². The lowest BCUT2D eigenvalue weighted by Crippen LogP contribution is -2.30. The lowest BCUT2D eigenvalue weighted by atomic mass is 10.2. The van der Waals surface area contributed by atoms with Crippen LogP contribution in [0.4, 0.5) is 0 Å². The largest absolute Gasteiger partial charge is 0.296 e. The molecular weight excluding hydrogens is 192 g/mol. The second-order valence-corrected chi connectivity index (χ2v) is 4.38. The standard InChI is InChI=1S/C11H16N2S/c1-10(2)13(6-3-5-12)8-11-4-7-14-9-11/h4,7,9-10H,3,6,8H2,1-2H3. The van der Waals surface area contributed by atoms with Crippen LogP contribution in [0.5, 0.6) is 0 Å². The highest BCUT2D eigenvalue weighted by atomic mass is 32.1. The minimum absolute atomic E-state index is 0.503. The predicted octanol–water partition coefficient (Wildman–Crippen LogP) is 2.87. The van der Waals surface area contributed by atoms with Gasteiger partial charge in [0, 0.05) is 25.6 Å². The smallest absolute Gasteiger partial charge is 0.0635 e. The lowest BCUT2D eigenvalue weighted by Gasteiger charge is -2.24. The Morgan fingerprint density at radius 1 is 1.57 bits per heavy atom. The second-order valence-electron chi connectivity index (χ2n) is 3.60. The van der Waals surface area contributed by atoms with Gasteiger partial charge in [0.15, 0.2) is 0 Å². The first-order valence-corrected chi connectivity index (χ1v) is 5.80. The van der Waals surface area contributed by atoms with Gasteiger partial charge in [-0.2, -0.15) is 16.6 Å². The fraction of sp³-hybridized carbons (Fsp3) is 0.545. The van der Waals surface area contributed by atoms with E-state index in [2.05, 4.69) is 41.6 Å². The first-order valence-electron chi connectivity index (χ1n) is 4.86. The third-order valence-corrected chi connectivity index (χ3v) is 2.94. The zero-order valence-corrected chi connectivity index (χ0v) is 9.55. The zero-order valence-electron chi connectivity index (χ0n) is 8.73. The van der Waals surface area contributed by atoms with Crippen molar-refractivity contribution < 1.29 is 0 Å². The fourth-order valence-electron chi connectivity index (χ4n) is 1.33. The van der Waals surface area contributed by atoms with Gasteiger partial charge in [-0.1, -0.05) is 0 Å². The molecule has 0 amide bonds. The van der Waals surface area contributed by atoms with Crippen molar-refractivity contribution in [2.45, 2.75) is 32.9 Å². The van der Waals surface area contributed by atoms with Gasteiger partial charge in [-0.25, -0.2) is 0 Å². The molecule has 1 rings (SSSR count). The van der Waals surface area contributed by atoms with Crippen molar-refractivity contribution in [2.24, 2.45) is 0 Å². The molecule has 1 heterocycles. The number of rotatable bonds is 5. The van der Waals surface area contributed by atoms with E-state index < -0.39 is 0 Å². The van der Waals surface area contributed by atoms with E-state index in [4.69, 9.17) is 5.26 Å². The van der Waals surface area contributed by atoms with Crippen molar-refractivity contribution in [1.29, 1.82) is 5.26 Å². The minimum atomic E-state index is 0.503. The second kappa shape index (κ2) is 5.79. The molecule has 3 heteroatoms. The predicted molar refractivity (Wildman–Crippen MR) is 60.1 cm³/mol. The number of hydrogen-bond donors (Lipinski definition) is 0. The van der Waals surface area contributed by atoms with Gasteiger partial charge in [-0.15, -0.1) is 0 Å². The molecule has 0 aliphatic heterocycles. The van der Waals surface area contributed by atoms with Crippen LogP contribution in [-0.4, -0.2) is 17.5 Å². The van der Waals surface area contributed by atoms with Crippen LogP contribution in [0.1, 0.15) is 25.8 Å². The summed E-state index contributed by atoms with van der Waals surface area (Å²) in [7, 11) is 0. The van der Waals surface area contributed by atoms with E-state index in [1.165, 1.54) is 5.56 Å². The Bertz CT molecular complexity index is 285. The van der Waals surface area contributed by atoms with E-state index in [-0.39, 0.29) is 0 Å². The quantitative estimate of drug-likeness (QED) is 0.744. The summed E-state index contributed by atoms with van der Waals surface area (Å²) in [4.78, 5) is 2.32. The molecule has 1 aromatic heterocycles. The van der Waals surface area contributed by atoms with Crippen molar-refractivity contribution in [3.8, 4) is 6.07 Å². The van der Waals surface area contributed by atoms with Gasteiger partial charge in [-0.05, 0) is 36.2 Å². The summed E-state index contributed by atoms with van der Waals surface area (Å²) in [5.41, 5.74) is 1.35. The van der Waals surface area contributed by atoms with Gasteiger partial charge < -0.3 is 0 Å². The fourth-order valence-corrected chi connectivity index (χ4v) is 1.99. The van der Waals surface area contributed by atoms with Gasteiger partial charge in [0.25, 0.3) is 0 Å². The molecule has 0 unspecified atom stereocenters. The highest BCUT2D eigenvalue weighted by Gasteiger charge is 2.09. The van der Waals surface area contributed by atoms with E-state index in [1.807, 2.05) is 0 Å². The Hall–Kier alpha value is -0.850. The highest BCUT2D eigenvalue weighted by Crippen LogP contribution is 2.11. The maximum absolute atomic E-state index is 8.55. The third-order valence-electron chi connectivity index (χ3n) is 2.21. The number of hydrogen-bond acceptors (Lipinski definition) is 3. The van der Waals surface area contributed by atoms with Crippen molar-refractivity contribution in [1.82, 2.24) is 4.90 Å². The number of nitrogens with zero attached hydrogens (tertiary/aromatic N) is 2. The molecule has 0 aromatic carbocycles. The monoisotopic (exact) mass is 208 g/mol. The molecule has 0 aliphatic carbocycles. The Kier molecular flexibility index (Phi) is 4.64. The zero-order chi connectivity index (χ0) is 10.4. The molecule has 76 valence electrons. The normalized spacial score (nSPS) is 10.8. The molecule has 0 radical (unpaired) electrons. The molecule has 0 N–H and O–H groups in total. The maximum atomic E-state index is 8.55. The molecular formula is C11H16N2S. The van der Waals surface area contributed by atoms with E-state index in [9.17, 15) is 0 Å². The molecule has 14 heavy (non-hydrogen) atoms. The molecule has 1 aromatic rings. The molecule has 0 saturated carbocycles. The van der Waals surface area contributed by atoms with E-state index in [0.717, 1.165) is 13.1 Å². The molecule has 0 atom stereocenters. The molecule has 0 aliphatic rings. The Morgan fingerprint density at radius 3 is 2.86 bits per heavy atom. The van der Waals surface area contributed by atoms with Crippen LogP contribution >= 0.6 is 11.3 Å². The molecule has 0 fully saturated rings. The summed E-state index contributed by atoms with van der Waals surface area (Å²) in [6, 6.07) is 4.84. The van der Waals surface area contributed by atoms with Crippen LogP contribution in [0.2, 0.25) is 0 Å². The average Bonchev–Trinajstić information content (AvgIpc) is 2.64. The Labute approximate surface area is 89.8 Å². The Balaban J connectivity index is 2.48. The van der Waals surface area contributed by atoms with Crippen LogP contribution in [0.25, 0.3) is 0 Å². The van der Waals surface area contributed by atoms with Crippen LogP contribution < -0.4 is 0 Å². The van der Waals surface area contributed by atoms with Crippen molar-refractivity contribution in [3.63, 3.8) is 0 Å². The van der Waals surface area contributed by atoms with Crippen molar-refractivity contribution in [3.05, 3.63) is 22.4 Å². The summed E-state index contributed by atoms with van der Waals surface area (Å²) in [5, 5.41) is 12.8.